The molecule has 0 radical (unpaired) electrons. The number of rotatable bonds is 13. The summed E-state index contributed by atoms with van der Waals surface area (Å²) in [6.45, 7) is 3.81. The van der Waals surface area contributed by atoms with Gasteiger partial charge < -0.3 is 15.4 Å². The smallest absolute Gasteiger partial charge is 0.252 e. The Bertz CT molecular complexity index is 972. The maximum Gasteiger partial charge on any atom is 0.252 e. The Morgan fingerprint density at radius 3 is 2.47 bits per heavy atom. The van der Waals surface area contributed by atoms with Gasteiger partial charge in [-0.25, -0.2) is 0 Å². The van der Waals surface area contributed by atoms with Crippen LogP contribution in [0, 0.1) is 11.3 Å². The monoisotopic (exact) mass is 508 g/mol. The van der Waals surface area contributed by atoms with Crippen LogP contribution in [0.3, 0.4) is 0 Å². The number of amides is 1. The summed E-state index contributed by atoms with van der Waals surface area (Å²) in [7, 11) is 3.71. The lowest BCUT2D eigenvalue weighted by Gasteiger charge is -2.39. The predicted molar refractivity (Wildman–Crippen MR) is 155 cm³/mol. The third-order valence-electron chi connectivity index (χ3n) is 7.41. The van der Waals surface area contributed by atoms with Crippen molar-refractivity contribution in [3.05, 3.63) is 77.4 Å². The molecule has 1 saturated carbocycles. The van der Waals surface area contributed by atoms with Gasteiger partial charge in [-0.05, 0) is 61.1 Å². The van der Waals surface area contributed by atoms with Gasteiger partial charge in [0, 0.05) is 31.2 Å². The van der Waals surface area contributed by atoms with E-state index in [-0.39, 0.29) is 16.7 Å². The van der Waals surface area contributed by atoms with Crippen molar-refractivity contribution in [2.75, 3.05) is 27.3 Å². The number of nitrogens with one attached hydrogen (secondary N) is 2. The first kappa shape index (κ1) is 28.5. The van der Waals surface area contributed by atoms with Gasteiger partial charge in [-0.2, -0.15) is 12.6 Å². The van der Waals surface area contributed by atoms with Crippen LogP contribution >= 0.6 is 12.6 Å². The first-order chi connectivity index (χ1) is 17.5. The topological polar surface area (TPSA) is 50.4 Å². The third-order valence-corrected chi connectivity index (χ3v) is 8.16. The number of hydrogen-bond acceptors (Lipinski definition) is 4. The maximum absolute atomic E-state index is 13.4. The van der Waals surface area contributed by atoms with Gasteiger partial charge in [-0.3, -0.25) is 4.79 Å². The summed E-state index contributed by atoms with van der Waals surface area (Å²) in [4.78, 5) is 13.4. The highest BCUT2D eigenvalue weighted by molar-refractivity contribution is 7.81. The molecule has 1 amide bonds. The SMILES string of the molecule is CNC[C@@](C)(CC1CCCCC1)C(S)NC(=O)c1cccc(/C(=C\CCCOC)c2ccccc2)c1. The Balaban J connectivity index is 1.77. The van der Waals surface area contributed by atoms with Crippen LogP contribution in [-0.4, -0.2) is 38.6 Å². The highest BCUT2D eigenvalue weighted by Crippen LogP contribution is 2.38. The second-order valence-electron chi connectivity index (χ2n) is 10.5. The first-order valence-electron chi connectivity index (χ1n) is 13.5. The minimum absolute atomic E-state index is 0.0744. The second-order valence-corrected chi connectivity index (χ2v) is 11.0. The molecule has 0 aliphatic heterocycles. The average molecular weight is 509 g/mol. The molecule has 2 aromatic carbocycles. The highest BCUT2D eigenvalue weighted by Gasteiger charge is 2.35. The molecule has 3 rings (SSSR count). The third kappa shape index (κ3) is 8.22. The van der Waals surface area contributed by atoms with Crippen LogP contribution in [-0.2, 0) is 4.74 Å². The molecule has 2 aromatic rings. The number of methoxy groups -OCH3 is 1. The Morgan fingerprint density at radius 2 is 1.78 bits per heavy atom. The second kappa shape index (κ2) is 14.6. The van der Waals surface area contributed by atoms with Crippen molar-refractivity contribution in [1.82, 2.24) is 10.6 Å². The summed E-state index contributed by atoms with van der Waals surface area (Å²) in [5.74, 6) is 0.637. The average Bonchev–Trinajstić information content (AvgIpc) is 2.90. The van der Waals surface area contributed by atoms with Crippen LogP contribution in [0.2, 0.25) is 0 Å². The molecule has 2 atom stereocenters. The first-order valence-corrected chi connectivity index (χ1v) is 14.0. The van der Waals surface area contributed by atoms with Crippen LogP contribution < -0.4 is 10.6 Å². The van der Waals surface area contributed by atoms with E-state index >= 15 is 0 Å². The Hall–Kier alpha value is -2.08. The van der Waals surface area contributed by atoms with Gasteiger partial charge in [0.15, 0.2) is 0 Å². The number of carbonyl (C=O) groups is 1. The Morgan fingerprint density at radius 1 is 1.08 bits per heavy atom. The summed E-state index contributed by atoms with van der Waals surface area (Å²) in [6, 6.07) is 18.3. The fraction of sp³-hybridized carbons (Fsp3) is 0.516. The summed E-state index contributed by atoms with van der Waals surface area (Å²) in [5.41, 5.74) is 3.87. The molecular formula is C31H44N2O2S. The van der Waals surface area contributed by atoms with Crippen molar-refractivity contribution in [1.29, 1.82) is 0 Å². The minimum Gasteiger partial charge on any atom is -0.385 e. The molecule has 196 valence electrons. The number of allylic oxidation sites excluding steroid dienone is 1. The zero-order chi connectivity index (χ0) is 25.8. The molecule has 1 aliphatic rings. The zero-order valence-corrected chi connectivity index (χ0v) is 23.2. The van der Waals surface area contributed by atoms with Gasteiger partial charge in [0.2, 0.25) is 0 Å². The van der Waals surface area contributed by atoms with E-state index in [0.717, 1.165) is 49.1 Å². The van der Waals surface area contributed by atoms with E-state index in [1.54, 1.807) is 7.11 Å². The molecule has 4 nitrogen and oxygen atoms in total. The molecule has 1 aliphatic carbocycles. The molecular weight excluding hydrogens is 464 g/mol. The van der Waals surface area contributed by atoms with Gasteiger partial charge in [0.05, 0.1) is 5.37 Å². The number of hydrogen-bond donors (Lipinski definition) is 3. The van der Waals surface area contributed by atoms with E-state index < -0.39 is 0 Å². The van der Waals surface area contributed by atoms with Gasteiger partial charge in [-0.15, -0.1) is 0 Å². The molecule has 5 heteroatoms. The summed E-state index contributed by atoms with van der Waals surface area (Å²) < 4.78 is 5.22. The Labute approximate surface area is 223 Å². The van der Waals surface area contributed by atoms with Gasteiger partial charge in [0.1, 0.15) is 0 Å². The summed E-state index contributed by atoms with van der Waals surface area (Å²) >= 11 is 4.93. The molecule has 0 saturated heterocycles. The van der Waals surface area contributed by atoms with Crippen molar-refractivity contribution in [3.63, 3.8) is 0 Å². The largest absolute Gasteiger partial charge is 0.385 e. The van der Waals surface area contributed by atoms with E-state index in [9.17, 15) is 4.79 Å². The summed E-state index contributed by atoms with van der Waals surface area (Å²) in [5, 5.41) is 6.34. The van der Waals surface area contributed by atoms with Crippen LogP contribution in [0.1, 0.15) is 79.8 Å². The molecule has 0 bridgehead atoms. The van der Waals surface area contributed by atoms with Crippen LogP contribution in [0.15, 0.2) is 60.7 Å². The molecule has 0 heterocycles. The highest BCUT2D eigenvalue weighted by atomic mass is 32.1. The zero-order valence-electron chi connectivity index (χ0n) is 22.3. The number of unbranched alkanes of at least 4 members (excludes halogenated alkanes) is 1. The van der Waals surface area contributed by atoms with Crippen LogP contribution in [0.25, 0.3) is 5.57 Å². The van der Waals surface area contributed by atoms with Crippen molar-refractivity contribution in [3.8, 4) is 0 Å². The molecule has 2 N–H and O–H groups in total. The Kier molecular flexibility index (Phi) is 11.6. The van der Waals surface area contributed by atoms with E-state index in [4.69, 9.17) is 17.4 Å². The lowest BCUT2D eigenvalue weighted by Crippen LogP contribution is -2.48. The lowest BCUT2D eigenvalue weighted by molar-refractivity contribution is 0.0906. The number of carbonyl (C=O) groups excluding carboxylic acids is 1. The van der Waals surface area contributed by atoms with Crippen LogP contribution in [0.4, 0.5) is 0 Å². The number of ether oxygens (including phenoxy) is 1. The minimum atomic E-state index is -0.235. The molecule has 1 unspecified atom stereocenters. The van der Waals surface area contributed by atoms with E-state index in [2.05, 4.69) is 54.0 Å². The van der Waals surface area contributed by atoms with Crippen LogP contribution in [0.5, 0.6) is 0 Å². The molecule has 36 heavy (non-hydrogen) atoms. The van der Waals surface area contributed by atoms with Crippen molar-refractivity contribution >= 4 is 24.1 Å². The molecule has 0 aromatic heterocycles. The lowest BCUT2D eigenvalue weighted by atomic mass is 9.75. The van der Waals surface area contributed by atoms with Crippen molar-refractivity contribution < 1.29 is 9.53 Å². The number of thiol groups is 1. The van der Waals surface area contributed by atoms with Gasteiger partial charge in [0.25, 0.3) is 5.91 Å². The van der Waals surface area contributed by atoms with E-state index in [0.29, 0.717) is 11.5 Å². The fourth-order valence-corrected chi connectivity index (χ4v) is 5.75. The maximum atomic E-state index is 13.4. The van der Waals surface area contributed by atoms with Gasteiger partial charge in [-0.1, -0.05) is 87.6 Å². The fourth-order valence-electron chi connectivity index (χ4n) is 5.44. The standard InChI is InChI=1S/C31H44N2O2S/c1-31(23-32-2,22-24-13-6-4-7-14-24)30(36)33-29(34)27-18-12-17-26(21-27)28(19-10-11-20-35-3)25-15-8-5-9-16-25/h5,8-9,12,15-19,21,24,30,32,36H,4,6-7,10-11,13-14,20,22-23H2,1-3H3,(H,33,34)/b28-19-/t30?,31-/m1/s1. The quantitative estimate of drug-likeness (QED) is 0.160. The van der Waals surface area contributed by atoms with Crippen molar-refractivity contribution in [2.24, 2.45) is 11.3 Å². The molecule has 0 spiro atoms. The normalized spacial score (nSPS) is 17.4. The predicted octanol–water partition coefficient (Wildman–Crippen LogP) is 6.73. The number of benzene rings is 2. The molecule has 1 fully saturated rings. The summed E-state index contributed by atoms with van der Waals surface area (Å²) in [6.07, 6.45) is 11.8. The van der Waals surface area contributed by atoms with Gasteiger partial charge >= 0.3 is 0 Å². The van der Waals surface area contributed by atoms with E-state index in [1.807, 2.05) is 31.3 Å². The van der Waals surface area contributed by atoms with Crippen molar-refractivity contribution in [2.45, 2.75) is 63.7 Å². The van der Waals surface area contributed by atoms with E-state index in [1.165, 1.54) is 32.1 Å².